The summed E-state index contributed by atoms with van der Waals surface area (Å²) in [4.78, 5) is 26.0. The smallest absolute Gasteiger partial charge is 0.220 e. The second-order valence-electron chi connectivity index (χ2n) is 7.67. The van der Waals surface area contributed by atoms with Gasteiger partial charge in [0.1, 0.15) is 12.7 Å². The minimum absolute atomic E-state index is 0.0109. The van der Waals surface area contributed by atoms with E-state index >= 15 is 0 Å². The summed E-state index contributed by atoms with van der Waals surface area (Å²) < 4.78 is 1.82. The standard InChI is InChI=1S/C23H30N6OS/c1-6-20(22(29-14-24-13-25-29)18-9-7-15(2)8-10-18)28-21(30)12-11-19-16(3)26-23(31-5)27-17(19)4/h7-10,13-14,20,22H,6,11-12H2,1-5H3,(H,28,30)/t20-,22+/m0/s1. The number of benzene rings is 1. The molecule has 0 aliphatic heterocycles. The van der Waals surface area contributed by atoms with Crippen LogP contribution in [0, 0.1) is 20.8 Å². The van der Waals surface area contributed by atoms with Gasteiger partial charge in [0.15, 0.2) is 5.16 Å². The fourth-order valence-corrected chi connectivity index (χ4v) is 4.23. The number of aryl methyl sites for hydroxylation is 3. The van der Waals surface area contributed by atoms with Crippen LogP contribution in [-0.2, 0) is 11.2 Å². The molecule has 7 nitrogen and oxygen atoms in total. The van der Waals surface area contributed by atoms with E-state index in [0.717, 1.165) is 34.1 Å². The van der Waals surface area contributed by atoms with Crippen molar-refractivity contribution in [1.82, 2.24) is 30.0 Å². The molecule has 3 rings (SSSR count). The first-order valence-corrected chi connectivity index (χ1v) is 11.7. The summed E-state index contributed by atoms with van der Waals surface area (Å²) >= 11 is 1.53. The SMILES string of the molecule is CC[C@H](NC(=O)CCc1c(C)nc(SC)nc1C)[C@@H](c1ccc(C)cc1)n1cncn1. The lowest BCUT2D eigenvalue weighted by molar-refractivity contribution is -0.122. The highest BCUT2D eigenvalue weighted by Crippen LogP contribution is 2.24. The molecule has 164 valence electrons. The zero-order valence-electron chi connectivity index (χ0n) is 18.8. The zero-order valence-corrected chi connectivity index (χ0v) is 19.6. The number of hydrogen-bond acceptors (Lipinski definition) is 6. The normalized spacial score (nSPS) is 13.1. The first-order valence-electron chi connectivity index (χ1n) is 10.5. The molecule has 0 aliphatic rings. The van der Waals surface area contributed by atoms with Crippen LogP contribution >= 0.6 is 11.8 Å². The van der Waals surface area contributed by atoms with E-state index in [4.69, 9.17) is 0 Å². The van der Waals surface area contributed by atoms with Gasteiger partial charge in [-0.15, -0.1) is 0 Å². The number of hydrogen-bond donors (Lipinski definition) is 1. The van der Waals surface area contributed by atoms with Crippen LogP contribution in [0.1, 0.15) is 53.9 Å². The van der Waals surface area contributed by atoms with E-state index in [1.54, 1.807) is 6.33 Å². The van der Waals surface area contributed by atoms with Gasteiger partial charge >= 0.3 is 0 Å². The first kappa shape index (κ1) is 22.9. The summed E-state index contributed by atoms with van der Waals surface area (Å²) in [7, 11) is 0. The molecule has 0 fully saturated rings. The van der Waals surface area contributed by atoms with Crippen molar-refractivity contribution in [2.45, 2.75) is 64.2 Å². The summed E-state index contributed by atoms with van der Waals surface area (Å²) in [5.41, 5.74) is 5.22. The van der Waals surface area contributed by atoms with Crippen molar-refractivity contribution in [3.8, 4) is 0 Å². The van der Waals surface area contributed by atoms with Crippen LogP contribution in [0.5, 0.6) is 0 Å². The largest absolute Gasteiger partial charge is 0.351 e. The molecule has 1 N–H and O–H groups in total. The molecule has 0 aliphatic carbocycles. The molecule has 0 unspecified atom stereocenters. The highest BCUT2D eigenvalue weighted by Gasteiger charge is 2.26. The van der Waals surface area contributed by atoms with Gasteiger partial charge in [-0.3, -0.25) is 4.79 Å². The third-order valence-electron chi connectivity index (χ3n) is 5.49. The quantitative estimate of drug-likeness (QED) is 0.404. The Kier molecular flexibility index (Phi) is 7.79. The summed E-state index contributed by atoms with van der Waals surface area (Å²) in [5, 5.41) is 8.35. The van der Waals surface area contributed by atoms with Gasteiger partial charge in [0.2, 0.25) is 5.91 Å². The number of thioether (sulfide) groups is 1. The average Bonchev–Trinajstić information content (AvgIpc) is 3.28. The summed E-state index contributed by atoms with van der Waals surface area (Å²) in [5.74, 6) is 0.0109. The van der Waals surface area contributed by atoms with Crippen molar-refractivity contribution >= 4 is 17.7 Å². The van der Waals surface area contributed by atoms with Gasteiger partial charge in [0.25, 0.3) is 0 Å². The topological polar surface area (TPSA) is 85.6 Å². The molecule has 1 aromatic carbocycles. The van der Waals surface area contributed by atoms with Crippen LogP contribution in [0.4, 0.5) is 0 Å². The van der Waals surface area contributed by atoms with Gasteiger partial charge < -0.3 is 5.32 Å². The van der Waals surface area contributed by atoms with Crippen molar-refractivity contribution in [2.24, 2.45) is 0 Å². The van der Waals surface area contributed by atoms with Gasteiger partial charge in [-0.25, -0.2) is 19.6 Å². The Labute approximate surface area is 188 Å². The molecule has 0 saturated carbocycles. The molecule has 31 heavy (non-hydrogen) atoms. The number of rotatable bonds is 9. The van der Waals surface area contributed by atoms with Crippen LogP contribution in [0.25, 0.3) is 0 Å². The molecular formula is C23H30N6OS. The molecule has 3 aromatic rings. The van der Waals surface area contributed by atoms with E-state index in [9.17, 15) is 4.79 Å². The summed E-state index contributed by atoms with van der Waals surface area (Å²) in [6, 6.07) is 8.12. The lowest BCUT2D eigenvalue weighted by Gasteiger charge is -2.28. The van der Waals surface area contributed by atoms with Crippen LogP contribution in [0.3, 0.4) is 0 Å². The minimum atomic E-state index is -0.121. The van der Waals surface area contributed by atoms with Crippen LogP contribution in [0.2, 0.25) is 0 Å². The Morgan fingerprint density at radius 2 is 1.81 bits per heavy atom. The van der Waals surface area contributed by atoms with E-state index in [-0.39, 0.29) is 18.0 Å². The van der Waals surface area contributed by atoms with Crippen molar-refractivity contribution in [3.05, 3.63) is 65.0 Å². The fourth-order valence-electron chi connectivity index (χ4n) is 3.78. The van der Waals surface area contributed by atoms with Gasteiger partial charge in [0, 0.05) is 17.8 Å². The lowest BCUT2D eigenvalue weighted by atomic mass is 9.96. The van der Waals surface area contributed by atoms with Crippen LogP contribution in [0.15, 0.2) is 42.1 Å². The molecule has 1 amide bonds. The van der Waals surface area contributed by atoms with Gasteiger partial charge in [0.05, 0.1) is 12.1 Å². The maximum absolute atomic E-state index is 12.9. The Balaban J connectivity index is 1.74. The summed E-state index contributed by atoms with van der Waals surface area (Å²) in [6.07, 6.45) is 6.97. The molecule has 0 spiro atoms. The number of nitrogens with zero attached hydrogens (tertiary/aromatic N) is 5. The number of carbonyl (C=O) groups is 1. The first-order chi connectivity index (χ1) is 14.9. The molecule has 2 atom stereocenters. The summed E-state index contributed by atoms with van der Waals surface area (Å²) in [6.45, 7) is 8.10. The molecule has 2 heterocycles. The van der Waals surface area contributed by atoms with E-state index < -0.39 is 0 Å². The Morgan fingerprint density at radius 1 is 1.13 bits per heavy atom. The molecule has 0 saturated heterocycles. The van der Waals surface area contributed by atoms with Gasteiger partial charge in [-0.2, -0.15) is 5.10 Å². The molecular weight excluding hydrogens is 408 g/mol. The van der Waals surface area contributed by atoms with Crippen molar-refractivity contribution in [3.63, 3.8) is 0 Å². The Bertz CT molecular complexity index is 980. The predicted molar refractivity (Wildman–Crippen MR) is 123 cm³/mol. The van der Waals surface area contributed by atoms with Crippen molar-refractivity contribution < 1.29 is 4.79 Å². The second kappa shape index (κ2) is 10.5. The average molecular weight is 439 g/mol. The van der Waals surface area contributed by atoms with E-state index in [2.05, 4.69) is 63.5 Å². The fraction of sp³-hybridized carbons (Fsp3) is 0.435. The third kappa shape index (κ3) is 5.70. The highest BCUT2D eigenvalue weighted by molar-refractivity contribution is 7.98. The van der Waals surface area contributed by atoms with E-state index in [1.807, 2.05) is 24.8 Å². The van der Waals surface area contributed by atoms with E-state index in [1.165, 1.54) is 23.7 Å². The maximum Gasteiger partial charge on any atom is 0.220 e. The monoisotopic (exact) mass is 438 g/mol. The minimum Gasteiger partial charge on any atom is -0.351 e. The molecule has 0 radical (unpaired) electrons. The Hall–Kier alpha value is -2.74. The number of nitrogens with one attached hydrogen (secondary N) is 1. The van der Waals surface area contributed by atoms with Crippen molar-refractivity contribution in [2.75, 3.05) is 6.26 Å². The maximum atomic E-state index is 12.9. The number of carbonyl (C=O) groups excluding carboxylic acids is 1. The predicted octanol–water partition coefficient (Wildman–Crippen LogP) is 3.83. The lowest BCUT2D eigenvalue weighted by Crippen LogP contribution is -2.41. The molecule has 8 heteroatoms. The van der Waals surface area contributed by atoms with Gasteiger partial charge in [-0.1, -0.05) is 48.5 Å². The highest BCUT2D eigenvalue weighted by atomic mass is 32.2. The van der Waals surface area contributed by atoms with Crippen LogP contribution < -0.4 is 5.32 Å². The third-order valence-corrected chi connectivity index (χ3v) is 6.04. The van der Waals surface area contributed by atoms with E-state index in [0.29, 0.717) is 12.8 Å². The zero-order chi connectivity index (χ0) is 22.4. The molecule has 0 bridgehead atoms. The van der Waals surface area contributed by atoms with Gasteiger partial charge in [-0.05, 0) is 51.0 Å². The second-order valence-corrected chi connectivity index (χ2v) is 8.45. The number of aromatic nitrogens is 5. The Morgan fingerprint density at radius 3 is 2.35 bits per heavy atom. The van der Waals surface area contributed by atoms with Crippen LogP contribution in [-0.4, -0.2) is 42.9 Å². The van der Waals surface area contributed by atoms with Crippen molar-refractivity contribution in [1.29, 1.82) is 0 Å². The number of amides is 1. The molecule has 2 aromatic heterocycles.